The Kier molecular flexibility index (Phi) is 8.68. The second-order valence-corrected chi connectivity index (χ2v) is 13.9. The molecule has 4 aliphatic carbocycles. The molecule has 0 bridgehead atoms. The molecule has 250 valence electrons. The second kappa shape index (κ2) is 14.2. The zero-order valence-electron chi connectivity index (χ0n) is 29.3. The van der Waals surface area contributed by atoms with E-state index in [1.54, 1.807) is 0 Å². The summed E-state index contributed by atoms with van der Waals surface area (Å²) < 4.78 is 0. The molecular weight excluding hydrogens is 627 g/mol. The summed E-state index contributed by atoms with van der Waals surface area (Å²) in [6.45, 7) is 0. The Balaban J connectivity index is 1.15. The lowest BCUT2D eigenvalue weighted by molar-refractivity contribution is 0.473. The van der Waals surface area contributed by atoms with Crippen LogP contribution in [0.2, 0.25) is 0 Å². The largest absolute Gasteiger partial charge is 0.310 e. The van der Waals surface area contributed by atoms with E-state index in [-0.39, 0.29) is 0 Å². The molecule has 2 unspecified atom stereocenters. The molecule has 0 saturated carbocycles. The Labute approximate surface area is 308 Å². The van der Waals surface area contributed by atoms with Gasteiger partial charge < -0.3 is 4.90 Å². The molecule has 0 fully saturated rings. The fourth-order valence-corrected chi connectivity index (χ4v) is 8.23. The molecule has 0 aliphatic heterocycles. The van der Waals surface area contributed by atoms with E-state index in [9.17, 15) is 0 Å². The van der Waals surface area contributed by atoms with Gasteiger partial charge in [0.1, 0.15) is 0 Å². The van der Waals surface area contributed by atoms with Crippen LogP contribution in [0, 0.1) is 11.8 Å². The average molecular weight is 668 g/mol. The third-order valence-corrected chi connectivity index (χ3v) is 10.8. The maximum atomic E-state index is 2.43. The van der Waals surface area contributed by atoms with Crippen molar-refractivity contribution in [3.8, 4) is 22.3 Å². The Morgan fingerprint density at radius 1 is 0.538 bits per heavy atom. The first kappa shape index (κ1) is 31.8. The van der Waals surface area contributed by atoms with E-state index in [0.29, 0.717) is 11.8 Å². The summed E-state index contributed by atoms with van der Waals surface area (Å²) >= 11 is 0. The first-order chi connectivity index (χ1) is 25.8. The molecule has 1 heteroatoms. The lowest BCUT2D eigenvalue weighted by Gasteiger charge is -2.35. The van der Waals surface area contributed by atoms with Crippen LogP contribution in [-0.2, 0) is 0 Å². The summed E-state index contributed by atoms with van der Waals surface area (Å²) in [4.78, 5) is 2.43. The quantitative estimate of drug-likeness (QED) is 0.167. The Hall–Kier alpha value is -6.18. The molecule has 0 saturated heterocycles. The maximum absolute atomic E-state index is 2.43. The molecule has 0 N–H and O–H groups in total. The first-order valence-corrected chi connectivity index (χ1v) is 18.6. The van der Waals surface area contributed by atoms with Gasteiger partial charge in [-0.3, -0.25) is 0 Å². The van der Waals surface area contributed by atoms with Crippen LogP contribution in [0.15, 0.2) is 211 Å². The molecule has 0 amide bonds. The van der Waals surface area contributed by atoms with Crippen molar-refractivity contribution in [3.05, 3.63) is 223 Å². The second-order valence-electron chi connectivity index (χ2n) is 13.9. The smallest absolute Gasteiger partial charge is 0.0540 e. The molecule has 4 aliphatic rings. The van der Waals surface area contributed by atoms with Gasteiger partial charge in [-0.1, -0.05) is 170 Å². The van der Waals surface area contributed by atoms with Gasteiger partial charge in [0.25, 0.3) is 0 Å². The summed E-state index contributed by atoms with van der Waals surface area (Å²) in [5.74, 6) is 1.01. The topological polar surface area (TPSA) is 3.24 Å². The van der Waals surface area contributed by atoms with E-state index in [2.05, 4.69) is 205 Å². The lowest BCUT2D eigenvalue weighted by atomic mass is 9.68. The molecule has 0 aromatic heterocycles. The standard InChI is InChI=1S/C51H41N/c1-2-5-18-38(17-4-1)42-20-14-21-45(35-42)52(51-26-13-12-23-47(51)40-29-27-39(28-30-40)37-15-6-3-7-16-37)44-33-31-41(32-34-44)50-36-43-19-8-9-22-46(43)48-24-10-11-25-49(48)50/h1-4,6-9,11-23,25-36,46,48H,5,10,24H2. The summed E-state index contributed by atoms with van der Waals surface area (Å²) in [5, 5.41) is 0. The minimum Gasteiger partial charge on any atom is -0.310 e. The predicted molar refractivity (Wildman–Crippen MR) is 222 cm³/mol. The van der Waals surface area contributed by atoms with Crippen molar-refractivity contribution in [2.75, 3.05) is 4.90 Å². The maximum Gasteiger partial charge on any atom is 0.0540 e. The molecule has 52 heavy (non-hydrogen) atoms. The van der Waals surface area contributed by atoms with Crippen molar-refractivity contribution in [2.24, 2.45) is 11.8 Å². The molecule has 0 heterocycles. The SMILES string of the molecule is C1=CCC=C(c2cccc(N(c3ccc(C4=C5C=CCCC5C5C=CC=CC5=C4)cc3)c3ccccc3-c3ccc(-c4ccccc4)cc3)c2)C=C1. The van der Waals surface area contributed by atoms with E-state index in [1.165, 1.54) is 62.1 Å². The number of fused-ring (bicyclic) bond motifs is 3. The number of para-hydroxylation sites is 1. The van der Waals surface area contributed by atoms with Crippen molar-refractivity contribution in [3.63, 3.8) is 0 Å². The molecule has 0 radical (unpaired) electrons. The van der Waals surface area contributed by atoms with Crippen LogP contribution in [0.25, 0.3) is 33.4 Å². The number of rotatable bonds is 7. The molecule has 9 rings (SSSR count). The normalized spacial score (nSPS) is 18.7. The van der Waals surface area contributed by atoms with Crippen LogP contribution in [0.5, 0.6) is 0 Å². The molecule has 5 aromatic carbocycles. The first-order valence-electron chi connectivity index (χ1n) is 18.6. The highest BCUT2D eigenvalue weighted by molar-refractivity contribution is 5.91. The molecular formula is C51H41N. The predicted octanol–water partition coefficient (Wildman–Crippen LogP) is 13.8. The van der Waals surface area contributed by atoms with E-state index < -0.39 is 0 Å². The highest BCUT2D eigenvalue weighted by Crippen LogP contribution is 2.47. The van der Waals surface area contributed by atoms with E-state index in [1.807, 2.05) is 0 Å². The van der Waals surface area contributed by atoms with Crippen LogP contribution < -0.4 is 4.90 Å². The summed E-state index contributed by atoms with van der Waals surface area (Å²) in [6.07, 6.45) is 30.5. The number of hydrogen-bond donors (Lipinski definition) is 0. The Morgan fingerprint density at radius 2 is 1.29 bits per heavy atom. The Bertz CT molecular complexity index is 2350. The molecule has 2 atom stereocenters. The summed E-state index contributed by atoms with van der Waals surface area (Å²) in [5.41, 5.74) is 16.2. The lowest BCUT2D eigenvalue weighted by Crippen LogP contribution is -2.23. The van der Waals surface area contributed by atoms with Crippen LogP contribution in [0.4, 0.5) is 17.1 Å². The van der Waals surface area contributed by atoms with Crippen molar-refractivity contribution in [1.29, 1.82) is 0 Å². The van der Waals surface area contributed by atoms with Crippen molar-refractivity contribution < 1.29 is 0 Å². The fourth-order valence-electron chi connectivity index (χ4n) is 8.23. The minimum atomic E-state index is 0.475. The highest BCUT2D eigenvalue weighted by atomic mass is 15.1. The number of nitrogens with zero attached hydrogens (tertiary/aromatic N) is 1. The van der Waals surface area contributed by atoms with Crippen LogP contribution >= 0.6 is 0 Å². The number of hydrogen-bond acceptors (Lipinski definition) is 1. The van der Waals surface area contributed by atoms with E-state index >= 15 is 0 Å². The van der Waals surface area contributed by atoms with Crippen molar-refractivity contribution >= 4 is 28.2 Å². The van der Waals surface area contributed by atoms with Gasteiger partial charge in [-0.15, -0.1) is 0 Å². The van der Waals surface area contributed by atoms with Gasteiger partial charge >= 0.3 is 0 Å². The monoisotopic (exact) mass is 667 g/mol. The highest BCUT2D eigenvalue weighted by Gasteiger charge is 2.32. The van der Waals surface area contributed by atoms with Crippen LogP contribution in [-0.4, -0.2) is 0 Å². The van der Waals surface area contributed by atoms with Gasteiger partial charge in [0.15, 0.2) is 0 Å². The van der Waals surface area contributed by atoms with Crippen molar-refractivity contribution in [1.82, 2.24) is 0 Å². The fraction of sp³-hybridized carbons (Fsp3) is 0.0980. The molecule has 0 spiro atoms. The van der Waals surface area contributed by atoms with Gasteiger partial charge in [0, 0.05) is 22.9 Å². The average Bonchev–Trinajstić information content (AvgIpc) is 3.52. The number of allylic oxidation sites excluding steroid dienone is 16. The Morgan fingerprint density at radius 3 is 2.17 bits per heavy atom. The van der Waals surface area contributed by atoms with E-state index in [0.717, 1.165) is 29.9 Å². The van der Waals surface area contributed by atoms with Crippen LogP contribution in [0.1, 0.15) is 30.4 Å². The van der Waals surface area contributed by atoms with Gasteiger partial charge in [-0.2, -0.15) is 0 Å². The van der Waals surface area contributed by atoms with Gasteiger partial charge in [-0.25, -0.2) is 0 Å². The summed E-state index contributed by atoms with van der Waals surface area (Å²) in [7, 11) is 0. The number of benzene rings is 5. The third-order valence-electron chi connectivity index (χ3n) is 10.8. The van der Waals surface area contributed by atoms with Crippen LogP contribution in [0.3, 0.4) is 0 Å². The van der Waals surface area contributed by atoms with E-state index in [4.69, 9.17) is 0 Å². The van der Waals surface area contributed by atoms with Crippen molar-refractivity contribution in [2.45, 2.75) is 19.3 Å². The molecule has 5 aromatic rings. The summed E-state index contributed by atoms with van der Waals surface area (Å²) in [6, 6.07) is 46.7. The molecule has 1 nitrogen and oxygen atoms in total. The van der Waals surface area contributed by atoms with Gasteiger partial charge in [0.05, 0.1) is 5.69 Å². The minimum absolute atomic E-state index is 0.475. The third kappa shape index (κ3) is 6.20. The van der Waals surface area contributed by atoms with Gasteiger partial charge in [0.2, 0.25) is 0 Å². The number of anilines is 3. The van der Waals surface area contributed by atoms with Gasteiger partial charge in [-0.05, 0) is 106 Å². The zero-order chi connectivity index (χ0) is 34.7. The zero-order valence-corrected chi connectivity index (χ0v) is 29.3.